The summed E-state index contributed by atoms with van der Waals surface area (Å²) in [5, 5.41) is 12.2. The van der Waals surface area contributed by atoms with E-state index in [1.807, 2.05) is 30.3 Å². The number of nitrogens with one attached hydrogen (secondary N) is 1. The zero-order valence-electron chi connectivity index (χ0n) is 14.1. The van der Waals surface area contributed by atoms with E-state index < -0.39 is 5.82 Å². The normalized spacial score (nSPS) is 10.0. The molecule has 0 saturated heterocycles. The summed E-state index contributed by atoms with van der Waals surface area (Å²) < 4.78 is 24.0. The summed E-state index contributed by atoms with van der Waals surface area (Å²) >= 11 is 0. The van der Waals surface area contributed by atoms with Crippen molar-refractivity contribution >= 4 is 5.69 Å². The highest BCUT2D eigenvalue weighted by atomic mass is 19.1. The third-order valence-corrected chi connectivity index (χ3v) is 3.65. The number of aromatic nitrogens is 1. The van der Waals surface area contributed by atoms with Crippen LogP contribution < -0.4 is 14.8 Å². The molecule has 0 radical (unpaired) electrons. The Balaban J connectivity index is 1.64. The minimum Gasteiger partial charge on any atom is -0.497 e. The fourth-order valence-corrected chi connectivity index (χ4v) is 2.32. The number of nitriles is 1. The van der Waals surface area contributed by atoms with Crippen LogP contribution in [-0.4, -0.2) is 12.1 Å². The van der Waals surface area contributed by atoms with E-state index >= 15 is 0 Å². The van der Waals surface area contributed by atoms with Gasteiger partial charge in [0.1, 0.15) is 23.4 Å². The molecule has 0 aliphatic rings. The predicted molar refractivity (Wildman–Crippen MR) is 95.7 cm³/mol. The molecule has 0 aliphatic carbocycles. The molecule has 0 bridgehead atoms. The average Bonchev–Trinajstić information content (AvgIpc) is 2.68. The highest BCUT2D eigenvalue weighted by Gasteiger charge is 2.05. The van der Waals surface area contributed by atoms with Gasteiger partial charge in [0.25, 0.3) is 0 Å². The number of benzene rings is 2. The first-order chi connectivity index (χ1) is 12.7. The Morgan fingerprint density at radius 3 is 2.69 bits per heavy atom. The van der Waals surface area contributed by atoms with Crippen LogP contribution in [-0.2, 0) is 6.54 Å². The van der Waals surface area contributed by atoms with E-state index in [9.17, 15) is 4.39 Å². The second-order valence-corrected chi connectivity index (χ2v) is 5.44. The molecule has 1 N–H and O–H groups in total. The maximum atomic E-state index is 13.2. The van der Waals surface area contributed by atoms with E-state index in [0.717, 1.165) is 5.56 Å². The lowest BCUT2D eigenvalue weighted by molar-refractivity contribution is 0.407. The maximum Gasteiger partial charge on any atom is 0.219 e. The monoisotopic (exact) mass is 349 g/mol. The Kier molecular flexibility index (Phi) is 5.30. The van der Waals surface area contributed by atoms with E-state index in [1.54, 1.807) is 31.5 Å². The Bertz CT molecular complexity index is 937. The summed E-state index contributed by atoms with van der Waals surface area (Å²) in [5.41, 5.74) is 1.73. The number of nitrogens with zero attached hydrogens (tertiary/aromatic N) is 2. The second kappa shape index (κ2) is 7.99. The molecule has 0 amide bonds. The Hall–Kier alpha value is -3.59. The number of halogens is 1. The first-order valence-corrected chi connectivity index (χ1v) is 7.88. The van der Waals surface area contributed by atoms with Crippen LogP contribution in [0.1, 0.15) is 11.1 Å². The Morgan fingerprint density at radius 2 is 1.96 bits per heavy atom. The third kappa shape index (κ3) is 4.28. The van der Waals surface area contributed by atoms with Gasteiger partial charge in [0, 0.05) is 24.9 Å². The van der Waals surface area contributed by atoms with Crippen LogP contribution >= 0.6 is 0 Å². The fraction of sp³-hybridized carbons (Fsp3) is 0.100. The van der Waals surface area contributed by atoms with E-state index in [0.29, 0.717) is 29.6 Å². The number of methoxy groups -OCH3 is 1. The van der Waals surface area contributed by atoms with Crippen molar-refractivity contribution in [2.75, 3.05) is 12.4 Å². The Labute approximate surface area is 150 Å². The largest absolute Gasteiger partial charge is 0.497 e. The van der Waals surface area contributed by atoms with Gasteiger partial charge in [-0.2, -0.15) is 5.26 Å². The van der Waals surface area contributed by atoms with Crippen LogP contribution in [0.25, 0.3) is 0 Å². The molecule has 5 nitrogen and oxygen atoms in total. The molecule has 0 atom stereocenters. The molecule has 0 spiro atoms. The summed E-state index contributed by atoms with van der Waals surface area (Å²) in [6, 6.07) is 16.9. The lowest BCUT2D eigenvalue weighted by Gasteiger charge is -2.09. The number of hydrogen-bond donors (Lipinski definition) is 1. The van der Waals surface area contributed by atoms with Crippen LogP contribution in [0.3, 0.4) is 0 Å². The number of rotatable bonds is 6. The van der Waals surface area contributed by atoms with Gasteiger partial charge in [0.05, 0.1) is 18.4 Å². The summed E-state index contributed by atoms with van der Waals surface area (Å²) in [6.07, 6.45) is 1.68. The average molecular weight is 349 g/mol. The second-order valence-electron chi connectivity index (χ2n) is 5.44. The maximum absolute atomic E-state index is 13.2. The van der Waals surface area contributed by atoms with Crippen LogP contribution in [0.5, 0.6) is 17.4 Å². The van der Waals surface area contributed by atoms with Crippen LogP contribution in [0.4, 0.5) is 10.1 Å². The molecule has 0 aliphatic heterocycles. The van der Waals surface area contributed by atoms with Crippen molar-refractivity contribution < 1.29 is 13.9 Å². The molecule has 0 fully saturated rings. The van der Waals surface area contributed by atoms with Gasteiger partial charge in [-0.3, -0.25) is 0 Å². The highest BCUT2D eigenvalue weighted by Crippen LogP contribution is 2.24. The lowest BCUT2D eigenvalue weighted by Crippen LogP contribution is -2.02. The standard InChI is InChI=1S/C20H16FN3O2/c1-25-17-3-2-4-18(10-17)26-20-8-5-14(13-24-20)12-23-19-7-6-16(21)9-15(19)11-22/h2-10,13,23H,12H2,1H3. The summed E-state index contributed by atoms with van der Waals surface area (Å²) in [5.74, 6) is 1.36. The van der Waals surface area contributed by atoms with Crippen molar-refractivity contribution in [2.45, 2.75) is 6.54 Å². The van der Waals surface area contributed by atoms with Crippen molar-refractivity contribution in [3.63, 3.8) is 0 Å². The molecule has 0 unspecified atom stereocenters. The minimum atomic E-state index is -0.437. The summed E-state index contributed by atoms with van der Waals surface area (Å²) in [6.45, 7) is 0.451. The lowest BCUT2D eigenvalue weighted by atomic mass is 10.2. The predicted octanol–water partition coefficient (Wildman–Crippen LogP) is 4.51. The smallest absolute Gasteiger partial charge is 0.219 e. The van der Waals surface area contributed by atoms with Crippen molar-refractivity contribution in [1.29, 1.82) is 5.26 Å². The van der Waals surface area contributed by atoms with Gasteiger partial charge < -0.3 is 14.8 Å². The van der Waals surface area contributed by atoms with Crippen LogP contribution in [0.15, 0.2) is 60.8 Å². The summed E-state index contributed by atoms with van der Waals surface area (Å²) in [7, 11) is 1.60. The number of ether oxygens (including phenoxy) is 2. The van der Waals surface area contributed by atoms with E-state index in [2.05, 4.69) is 10.3 Å². The molecular formula is C20H16FN3O2. The topological polar surface area (TPSA) is 67.2 Å². The highest BCUT2D eigenvalue weighted by molar-refractivity contribution is 5.57. The molecule has 3 rings (SSSR count). The van der Waals surface area contributed by atoms with Gasteiger partial charge >= 0.3 is 0 Å². The minimum absolute atomic E-state index is 0.260. The van der Waals surface area contributed by atoms with Crippen LogP contribution in [0.2, 0.25) is 0 Å². The van der Waals surface area contributed by atoms with Gasteiger partial charge in [0.15, 0.2) is 0 Å². The zero-order valence-corrected chi connectivity index (χ0v) is 14.1. The van der Waals surface area contributed by atoms with Gasteiger partial charge in [-0.25, -0.2) is 9.37 Å². The fourth-order valence-electron chi connectivity index (χ4n) is 2.32. The van der Waals surface area contributed by atoms with Crippen LogP contribution in [0, 0.1) is 17.1 Å². The molecule has 0 saturated carbocycles. The molecule has 1 aromatic heterocycles. The van der Waals surface area contributed by atoms with Gasteiger partial charge in [0.2, 0.25) is 5.88 Å². The van der Waals surface area contributed by atoms with E-state index in [4.69, 9.17) is 14.7 Å². The zero-order chi connectivity index (χ0) is 18.4. The van der Waals surface area contributed by atoms with Crippen molar-refractivity contribution in [3.8, 4) is 23.4 Å². The SMILES string of the molecule is COc1cccc(Oc2ccc(CNc3ccc(F)cc3C#N)cn2)c1. The third-order valence-electron chi connectivity index (χ3n) is 3.65. The first-order valence-electron chi connectivity index (χ1n) is 7.88. The Morgan fingerprint density at radius 1 is 1.12 bits per heavy atom. The van der Waals surface area contributed by atoms with Gasteiger partial charge in [-0.1, -0.05) is 12.1 Å². The van der Waals surface area contributed by atoms with Crippen molar-refractivity contribution in [3.05, 3.63) is 77.7 Å². The quantitative estimate of drug-likeness (QED) is 0.709. The number of hydrogen-bond acceptors (Lipinski definition) is 5. The van der Waals surface area contributed by atoms with Gasteiger partial charge in [-0.05, 0) is 35.9 Å². The molecule has 6 heteroatoms. The molecule has 26 heavy (non-hydrogen) atoms. The first kappa shape index (κ1) is 17.2. The van der Waals surface area contributed by atoms with E-state index in [-0.39, 0.29) is 5.56 Å². The number of anilines is 1. The molecule has 130 valence electrons. The molecule has 2 aromatic carbocycles. The van der Waals surface area contributed by atoms with E-state index in [1.165, 1.54) is 12.1 Å². The van der Waals surface area contributed by atoms with Crippen molar-refractivity contribution in [1.82, 2.24) is 4.98 Å². The van der Waals surface area contributed by atoms with Gasteiger partial charge in [-0.15, -0.1) is 0 Å². The molecule has 1 heterocycles. The number of pyridine rings is 1. The van der Waals surface area contributed by atoms with Crippen molar-refractivity contribution in [2.24, 2.45) is 0 Å². The molecule has 3 aromatic rings. The molecular weight excluding hydrogens is 333 g/mol. The summed E-state index contributed by atoms with van der Waals surface area (Å²) in [4.78, 5) is 4.27.